The molecule has 5 saturated heterocycles. The average Bonchev–Trinajstić information content (AvgIpc) is 3.37. The van der Waals surface area contributed by atoms with Gasteiger partial charge in [0.1, 0.15) is 18.9 Å². The highest BCUT2D eigenvalue weighted by Gasteiger charge is 2.60. The van der Waals surface area contributed by atoms with Gasteiger partial charge in [-0.05, 0) is 93.4 Å². The van der Waals surface area contributed by atoms with Crippen molar-refractivity contribution < 1.29 is 57.1 Å². The number of ether oxygens (including phenoxy) is 8. The number of rotatable bonds is 6. The van der Waals surface area contributed by atoms with Gasteiger partial charge in [-0.2, -0.15) is 0 Å². The highest BCUT2D eigenvalue weighted by atomic mass is 32.2. The number of amides is 1. The van der Waals surface area contributed by atoms with Gasteiger partial charge in [-0.1, -0.05) is 25.6 Å². The highest BCUT2D eigenvalue weighted by molar-refractivity contribution is 8.22. The van der Waals surface area contributed by atoms with E-state index in [0.29, 0.717) is 12.8 Å². The molecule has 5 aliphatic heterocycles. The number of thioether (sulfide) groups is 1. The maximum absolute atomic E-state index is 14.2. The van der Waals surface area contributed by atoms with Gasteiger partial charge in [-0.25, -0.2) is 4.79 Å². The standard InChI is InChI=1S/C35H56N2O12S2/c1-13-24-35(9)28(48-32(41)49-35)21(6)29(39)37-16-42-34(8,15-17(37)2)27(19(4)25(46-33(50)51-12)20(5)30(40)45-24)47-31-26(44-22(7)38)23(36(10)11)14-18(3)43-31/h17-21,23-28,31H,13-16H2,1-12H3/t17-,18-,19+,20-,21-,23+,24-,25+,26-,27-,28-,31+,34-,35-/m1/s1. The van der Waals surface area contributed by atoms with Crippen molar-refractivity contribution in [2.75, 3.05) is 27.1 Å². The van der Waals surface area contributed by atoms with Crippen LogP contribution in [-0.2, 0) is 52.3 Å². The molecule has 5 fully saturated rings. The van der Waals surface area contributed by atoms with E-state index in [1.807, 2.05) is 46.7 Å². The van der Waals surface area contributed by atoms with Gasteiger partial charge in [0, 0.05) is 18.9 Å². The zero-order valence-corrected chi connectivity index (χ0v) is 33.5. The Morgan fingerprint density at radius 2 is 1.71 bits per heavy atom. The van der Waals surface area contributed by atoms with Gasteiger partial charge in [0.25, 0.3) is 0 Å². The first-order chi connectivity index (χ1) is 23.8. The summed E-state index contributed by atoms with van der Waals surface area (Å²) in [5.74, 6) is -3.81. The van der Waals surface area contributed by atoms with Crippen molar-refractivity contribution in [3.63, 3.8) is 0 Å². The number of carbonyl (C=O) groups excluding carboxylic acids is 4. The fourth-order valence-electron chi connectivity index (χ4n) is 8.21. The van der Waals surface area contributed by atoms with Gasteiger partial charge in [-0.3, -0.25) is 14.4 Å². The molecule has 290 valence electrons. The Morgan fingerprint density at radius 1 is 1.04 bits per heavy atom. The normalized spacial score (nSPS) is 42.2. The van der Waals surface area contributed by atoms with E-state index in [1.165, 1.54) is 18.7 Å². The molecule has 2 bridgehead atoms. The number of esters is 2. The molecule has 1 amide bonds. The van der Waals surface area contributed by atoms with Crippen molar-refractivity contribution in [2.24, 2.45) is 17.8 Å². The first-order valence-electron chi connectivity index (χ1n) is 17.7. The molecule has 5 rings (SSSR count). The first kappa shape index (κ1) is 41.5. The third kappa shape index (κ3) is 8.61. The minimum absolute atomic E-state index is 0.0990. The van der Waals surface area contributed by atoms with E-state index < -0.39 is 83.9 Å². The third-order valence-corrected chi connectivity index (χ3v) is 12.0. The van der Waals surface area contributed by atoms with Crippen LogP contribution in [0.2, 0.25) is 0 Å². The molecule has 0 unspecified atom stereocenters. The Bertz CT molecular complexity index is 1320. The van der Waals surface area contributed by atoms with Gasteiger partial charge in [-0.15, -0.1) is 0 Å². The number of carbonyl (C=O) groups is 4. The summed E-state index contributed by atoms with van der Waals surface area (Å²) < 4.78 is 49.9. The molecule has 0 aromatic carbocycles. The number of hydrogen-bond donors (Lipinski definition) is 0. The van der Waals surface area contributed by atoms with Crippen LogP contribution in [0.1, 0.15) is 81.6 Å². The SMILES string of the molecule is CC[C@H]1OC(=O)[C@H](C)[C@@H](OC(=S)SC)[C@H](C)[C@@H](O[C@@H]2O[C@H](C)C[C@H](N(C)C)[C@H]2OC(C)=O)[C@@]2(C)C[C@@H](C)N(CO2)C(=O)[C@H](C)[C@H]2OC(=O)O[C@@]21C. The van der Waals surface area contributed by atoms with E-state index in [9.17, 15) is 19.2 Å². The molecule has 0 aliphatic carbocycles. The lowest BCUT2D eigenvalue weighted by atomic mass is 9.78. The van der Waals surface area contributed by atoms with Crippen LogP contribution in [0.3, 0.4) is 0 Å². The van der Waals surface area contributed by atoms with Crippen molar-refractivity contribution >= 4 is 52.4 Å². The molecular weight excluding hydrogens is 705 g/mol. The monoisotopic (exact) mass is 760 g/mol. The summed E-state index contributed by atoms with van der Waals surface area (Å²) in [6.07, 6.45) is -3.78. The topological polar surface area (TPSA) is 149 Å². The largest absolute Gasteiger partial charge is 0.509 e. The van der Waals surface area contributed by atoms with E-state index in [2.05, 4.69) is 0 Å². The number of likely N-dealkylation sites (N-methyl/N-ethyl adjacent to an activating group) is 1. The average molecular weight is 761 g/mol. The summed E-state index contributed by atoms with van der Waals surface area (Å²) in [5, 5.41) is 0. The fraction of sp³-hybridized carbons (Fsp3) is 0.857. The number of fused-ring (bicyclic) bond motifs is 9. The smallest absolute Gasteiger partial charge is 0.474 e. The molecule has 5 aliphatic rings. The zero-order valence-electron chi connectivity index (χ0n) is 31.9. The molecule has 16 heteroatoms. The predicted octanol–water partition coefficient (Wildman–Crippen LogP) is 4.29. The maximum atomic E-state index is 14.2. The van der Waals surface area contributed by atoms with Crippen molar-refractivity contribution in [3.05, 3.63) is 0 Å². The Balaban J connectivity index is 1.85. The van der Waals surface area contributed by atoms with Crippen LogP contribution in [0.5, 0.6) is 0 Å². The molecule has 5 heterocycles. The summed E-state index contributed by atoms with van der Waals surface area (Å²) in [5.41, 5.74) is -2.54. The maximum Gasteiger partial charge on any atom is 0.509 e. The summed E-state index contributed by atoms with van der Waals surface area (Å²) in [6, 6.07) is -0.581. The van der Waals surface area contributed by atoms with Crippen LogP contribution >= 0.6 is 24.0 Å². The van der Waals surface area contributed by atoms with Gasteiger partial charge >= 0.3 is 18.1 Å². The molecule has 0 N–H and O–H groups in total. The van der Waals surface area contributed by atoms with E-state index in [1.54, 1.807) is 38.9 Å². The van der Waals surface area contributed by atoms with Crippen LogP contribution in [-0.4, -0.2) is 131 Å². The number of nitrogens with zero attached hydrogens (tertiary/aromatic N) is 2. The van der Waals surface area contributed by atoms with Crippen LogP contribution < -0.4 is 0 Å². The molecule has 0 aromatic heterocycles. The van der Waals surface area contributed by atoms with E-state index in [-0.39, 0.29) is 41.6 Å². The van der Waals surface area contributed by atoms with Crippen LogP contribution in [0.25, 0.3) is 0 Å². The Kier molecular flexibility index (Phi) is 13.4. The second kappa shape index (κ2) is 16.4. The summed E-state index contributed by atoms with van der Waals surface area (Å²) in [6.45, 7) is 15.7. The Morgan fingerprint density at radius 3 is 2.27 bits per heavy atom. The molecule has 0 aromatic rings. The summed E-state index contributed by atoms with van der Waals surface area (Å²) in [4.78, 5) is 56.9. The molecule has 0 saturated carbocycles. The fourth-order valence-corrected chi connectivity index (χ4v) is 8.53. The minimum Gasteiger partial charge on any atom is -0.474 e. The van der Waals surface area contributed by atoms with Crippen molar-refractivity contribution in [3.8, 4) is 0 Å². The van der Waals surface area contributed by atoms with Crippen LogP contribution in [0.15, 0.2) is 0 Å². The van der Waals surface area contributed by atoms with Gasteiger partial charge in [0.05, 0.1) is 35.7 Å². The second-order valence-corrected chi connectivity index (χ2v) is 16.4. The number of hydrogen-bond acceptors (Lipinski definition) is 15. The lowest BCUT2D eigenvalue weighted by Gasteiger charge is -2.52. The zero-order chi connectivity index (χ0) is 38.2. The van der Waals surface area contributed by atoms with Crippen molar-refractivity contribution in [2.45, 2.75) is 148 Å². The molecule has 51 heavy (non-hydrogen) atoms. The van der Waals surface area contributed by atoms with E-state index in [0.717, 1.165) is 0 Å². The molecule has 14 atom stereocenters. The molecular formula is C35H56N2O12S2. The predicted molar refractivity (Wildman–Crippen MR) is 191 cm³/mol. The minimum atomic E-state index is -1.46. The second-order valence-electron chi connectivity index (χ2n) is 15.0. The quantitative estimate of drug-likeness (QED) is 0.215. The van der Waals surface area contributed by atoms with Gasteiger partial charge < -0.3 is 47.7 Å². The van der Waals surface area contributed by atoms with Gasteiger partial charge in [0.15, 0.2) is 24.1 Å². The van der Waals surface area contributed by atoms with E-state index in [4.69, 9.17) is 50.1 Å². The summed E-state index contributed by atoms with van der Waals surface area (Å²) in [7, 11) is 3.82. The Labute approximate surface area is 311 Å². The van der Waals surface area contributed by atoms with E-state index >= 15 is 0 Å². The lowest BCUT2D eigenvalue weighted by Crippen LogP contribution is -2.64. The van der Waals surface area contributed by atoms with Crippen LogP contribution in [0, 0.1) is 17.8 Å². The third-order valence-electron chi connectivity index (χ3n) is 10.9. The highest BCUT2D eigenvalue weighted by Crippen LogP contribution is 2.43. The van der Waals surface area contributed by atoms with Crippen molar-refractivity contribution in [1.82, 2.24) is 9.80 Å². The van der Waals surface area contributed by atoms with Crippen LogP contribution in [0.4, 0.5) is 4.79 Å². The molecule has 14 nitrogen and oxygen atoms in total. The lowest BCUT2D eigenvalue weighted by molar-refractivity contribution is -0.313. The van der Waals surface area contributed by atoms with Crippen molar-refractivity contribution in [1.29, 1.82) is 0 Å². The molecule has 0 spiro atoms. The Hall–Kier alpha value is -2.24. The first-order valence-corrected chi connectivity index (χ1v) is 19.3. The molecule has 0 radical (unpaired) electrons. The summed E-state index contributed by atoms with van der Waals surface area (Å²) >= 11 is 6.76. The van der Waals surface area contributed by atoms with Gasteiger partial charge in [0.2, 0.25) is 10.3 Å². The number of thiocarbonyl (C=S) groups is 1.